The van der Waals surface area contributed by atoms with Gasteiger partial charge in [0.15, 0.2) is 0 Å². The van der Waals surface area contributed by atoms with Crippen molar-refractivity contribution in [3.8, 4) is 11.5 Å². The van der Waals surface area contributed by atoms with Crippen LogP contribution in [-0.2, 0) is 10.2 Å². The highest BCUT2D eigenvalue weighted by Crippen LogP contribution is 2.37. The van der Waals surface area contributed by atoms with E-state index >= 15 is 0 Å². The third kappa shape index (κ3) is 3.10. The summed E-state index contributed by atoms with van der Waals surface area (Å²) in [5.41, 5.74) is -0.0789. The van der Waals surface area contributed by atoms with Crippen LogP contribution < -0.4 is 4.74 Å². The van der Waals surface area contributed by atoms with Crippen LogP contribution >= 0.6 is 0 Å². The molecule has 0 unspecified atom stereocenters. The van der Waals surface area contributed by atoms with Crippen molar-refractivity contribution in [2.24, 2.45) is 0 Å². The van der Waals surface area contributed by atoms with E-state index in [1.165, 1.54) is 19.2 Å². The second-order valence-electron chi connectivity index (χ2n) is 6.43. The molecule has 0 aliphatic carbocycles. The lowest BCUT2D eigenvalue weighted by Gasteiger charge is -2.39. The highest BCUT2D eigenvalue weighted by molar-refractivity contribution is 5.97. The fraction of sp³-hybridized carbons (Fsp3) is 0.300. The van der Waals surface area contributed by atoms with E-state index in [-0.39, 0.29) is 17.2 Å². The fourth-order valence-electron chi connectivity index (χ4n) is 3.46. The van der Waals surface area contributed by atoms with E-state index in [2.05, 4.69) is 0 Å². The number of methoxy groups -OCH3 is 1. The molecule has 6 nitrogen and oxygen atoms in total. The van der Waals surface area contributed by atoms with Gasteiger partial charge in [0, 0.05) is 13.1 Å². The number of carboxylic acid groups (broad SMARTS) is 1. The van der Waals surface area contributed by atoms with Crippen molar-refractivity contribution in [1.82, 2.24) is 4.90 Å². The molecule has 1 aliphatic heterocycles. The number of hydrogen-bond donors (Lipinski definition) is 2. The summed E-state index contributed by atoms with van der Waals surface area (Å²) in [5.74, 6) is -0.838. The Balaban J connectivity index is 1.81. The van der Waals surface area contributed by atoms with E-state index in [1.807, 2.05) is 30.3 Å². The molecular weight excluding hydrogens is 334 g/mol. The normalized spacial score (nSPS) is 16.1. The quantitative estimate of drug-likeness (QED) is 0.880. The average Bonchev–Trinajstić information content (AvgIpc) is 2.68. The van der Waals surface area contributed by atoms with Gasteiger partial charge in [0.05, 0.1) is 18.1 Å². The SMILES string of the molecule is COc1ccc(O)c(C(=O)N2CCC(C(=O)O)(c3ccccc3)CC2)c1. The van der Waals surface area contributed by atoms with Crippen molar-refractivity contribution in [1.29, 1.82) is 0 Å². The maximum absolute atomic E-state index is 12.8. The Hall–Kier alpha value is -3.02. The number of carbonyl (C=O) groups excluding carboxylic acids is 1. The summed E-state index contributed by atoms with van der Waals surface area (Å²) in [7, 11) is 1.49. The number of rotatable bonds is 4. The fourth-order valence-corrected chi connectivity index (χ4v) is 3.46. The maximum Gasteiger partial charge on any atom is 0.314 e. The lowest BCUT2D eigenvalue weighted by atomic mass is 9.72. The van der Waals surface area contributed by atoms with Crippen molar-refractivity contribution in [2.45, 2.75) is 18.3 Å². The molecule has 1 heterocycles. The van der Waals surface area contributed by atoms with Gasteiger partial charge in [-0.15, -0.1) is 0 Å². The third-order valence-corrected chi connectivity index (χ3v) is 5.07. The topological polar surface area (TPSA) is 87.1 Å². The standard InChI is InChI=1S/C20H21NO5/c1-26-15-7-8-17(22)16(13-15)18(23)21-11-9-20(10-12-21,19(24)25)14-5-3-2-4-6-14/h2-8,13,22H,9-12H2,1H3,(H,24,25). The van der Waals surface area contributed by atoms with Gasteiger partial charge in [0.2, 0.25) is 0 Å². The van der Waals surface area contributed by atoms with Gasteiger partial charge < -0.3 is 19.8 Å². The number of benzene rings is 2. The molecule has 0 aromatic heterocycles. The number of piperidine rings is 1. The first-order valence-electron chi connectivity index (χ1n) is 8.43. The summed E-state index contributed by atoms with van der Waals surface area (Å²) in [6, 6.07) is 13.6. The molecule has 2 aromatic rings. The maximum atomic E-state index is 12.8. The van der Waals surface area contributed by atoms with Crippen LogP contribution in [0, 0.1) is 0 Å². The number of carbonyl (C=O) groups is 2. The number of carboxylic acids is 1. The zero-order valence-electron chi connectivity index (χ0n) is 14.5. The summed E-state index contributed by atoms with van der Waals surface area (Å²) in [6.45, 7) is 0.605. The van der Waals surface area contributed by atoms with Crippen molar-refractivity contribution in [3.05, 3.63) is 59.7 Å². The van der Waals surface area contributed by atoms with Crippen LogP contribution in [0.1, 0.15) is 28.8 Å². The Labute approximate surface area is 151 Å². The molecule has 2 N–H and O–H groups in total. The van der Waals surface area contributed by atoms with Crippen molar-refractivity contribution < 1.29 is 24.5 Å². The summed E-state index contributed by atoms with van der Waals surface area (Å²) in [4.78, 5) is 26.4. The Morgan fingerprint density at radius 3 is 2.31 bits per heavy atom. The van der Waals surface area contributed by atoms with Crippen LogP contribution in [0.4, 0.5) is 0 Å². The predicted molar refractivity (Wildman–Crippen MR) is 95.6 cm³/mol. The second-order valence-corrected chi connectivity index (χ2v) is 6.43. The molecule has 0 bridgehead atoms. The van der Waals surface area contributed by atoms with E-state index in [0.717, 1.165) is 5.56 Å². The van der Waals surface area contributed by atoms with Crippen molar-refractivity contribution >= 4 is 11.9 Å². The van der Waals surface area contributed by atoms with E-state index in [1.54, 1.807) is 11.0 Å². The van der Waals surface area contributed by atoms with Crippen LogP contribution in [-0.4, -0.2) is 47.2 Å². The number of likely N-dealkylation sites (tertiary alicyclic amines) is 1. The number of phenolic OH excluding ortho intramolecular Hbond substituents is 1. The number of amides is 1. The molecular formula is C20H21NO5. The highest BCUT2D eigenvalue weighted by atomic mass is 16.5. The zero-order chi connectivity index (χ0) is 18.7. The number of hydrogen-bond acceptors (Lipinski definition) is 4. The molecule has 136 valence electrons. The minimum atomic E-state index is -0.992. The molecule has 1 amide bonds. The third-order valence-electron chi connectivity index (χ3n) is 5.07. The molecule has 1 aliphatic rings. The Morgan fingerprint density at radius 2 is 1.73 bits per heavy atom. The Kier molecular flexibility index (Phi) is 4.84. The molecule has 1 saturated heterocycles. The lowest BCUT2D eigenvalue weighted by Crippen LogP contribution is -2.49. The lowest BCUT2D eigenvalue weighted by molar-refractivity contribution is -0.145. The van der Waals surface area contributed by atoms with E-state index < -0.39 is 11.4 Å². The van der Waals surface area contributed by atoms with E-state index in [4.69, 9.17) is 4.74 Å². The largest absolute Gasteiger partial charge is 0.507 e. The number of aliphatic carboxylic acids is 1. The number of ether oxygens (including phenoxy) is 1. The first kappa shape index (κ1) is 17.8. The van der Waals surface area contributed by atoms with E-state index in [0.29, 0.717) is 31.7 Å². The van der Waals surface area contributed by atoms with Gasteiger partial charge in [-0.05, 0) is 36.6 Å². The smallest absolute Gasteiger partial charge is 0.314 e. The minimum absolute atomic E-state index is 0.117. The molecule has 0 spiro atoms. The van der Waals surface area contributed by atoms with Crippen molar-refractivity contribution in [2.75, 3.05) is 20.2 Å². The molecule has 0 saturated carbocycles. The van der Waals surface area contributed by atoms with Gasteiger partial charge in [0.25, 0.3) is 5.91 Å². The number of phenols is 1. The molecule has 26 heavy (non-hydrogen) atoms. The summed E-state index contributed by atoms with van der Waals surface area (Å²) < 4.78 is 5.11. The minimum Gasteiger partial charge on any atom is -0.507 e. The Bertz CT molecular complexity index is 810. The van der Waals surface area contributed by atoms with Gasteiger partial charge in [-0.3, -0.25) is 9.59 Å². The first-order chi connectivity index (χ1) is 12.5. The van der Waals surface area contributed by atoms with Gasteiger partial charge in [0.1, 0.15) is 11.5 Å². The Morgan fingerprint density at radius 1 is 1.08 bits per heavy atom. The van der Waals surface area contributed by atoms with Gasteiger partial charge in [-0.25, -0.2) is 0 Å². The van der Waals surface area contributed by atoms with Crippen molar-refractivity contribution in [3.63, 3.8) is 0 Å². The van der Waals surface area contributed by atoms with Crippen LogP contribution in [0.25, 0.3) is 0 Å². The van der Waals surface area contributed by atoms with E-state index in [9.17, 15) is 19.8 Å². The van der Waals surface area contributed by atoms with Crippen LogP contribution in [0.2, 0.25) is 0 Å². The van der Waals surface area contributed by atoms with Gasteiger partial charge in [-0.2, -0.15) is 0 Å². The number of aromatic hydroxyl groups is 1. The van der Waals surface area contributed by atoms with Crippen LogP contribution in [0.3, 0.4) is 0 Å². The molecule has 0 atom stereocenters. The molecule has 2 aromatic carbocycles. The van der Waals surface area contributed by atoms with Gasteiger partial charge >= 0.3 is 5.97 Å². The molecule has 3 rings (SSSR count). The predicted octanol–water partition coefficient (Wildman–Crippen LogP) is 2.66. The summed E-state index contributed by atoms with van der Waals surface area (Å²) in [5, 5.41) is 19.8. The molecule has 0 radical (unpaired) electrons. The zero-order valence-corrected chi connectivity index (χ0v) is 14.5. The van der Waals surface area contributed by atoms with Gasteiger partial charge in [-0.1, -0.05) is 30.3 Å². The monoisotopic (exact) mass is 355 g/mol. The summed E-state index contributed by atoms with van der Waals surface area (Å²) >= 11 is 0. The van der Waals surface area contributed by atoms with Crippen LogP contribution in [0.15, 0.2) is 48.5 Å². The second kappa shape index (κ2) is 7.07. The summed E-state index contributed by atoms with van der Waals surface area (Å²) in [6.07, 6.45) is 0.644. The highest BCUT2D eigenvalue weighted by Gasteiger charge is 2.44. The molecule has 6 heteroatoms. The average molecular weight is 355 g/mol. The molecule has 1 fully saturated rings. The first-order valence-corrected chi connectivity index (χ1v) is 8.43. The van der Waals surface area contributed by atoms with Crippen LogP contribution in [0.5, 0.6) is 11.5 Å². The number of nitrogens with zero attached hydrogens (tertiary/aromatic N) is 1.